The van der Waals surface area contributed by atoms with Crippen molar-refractivity contribution in [2.75, 3.05) is 31.5 Å². The Hall–Kier alpha value is -3.96. The number of nitrogens with two attached hydrogens (primary N) is 1. The Morgan fingerprint density at radius 3 is 2.77 bits per heavy atom. The maximum Gasteiger partial charge on any atom is 0.410 e. The minimum atomic E-state index is -0.587. The zero-order valence-corrected chi connectivity index (χ0v) is 22.7. The van der Waals surface area contributed by atoms with Gasteiger partial charge in [-0.2, -0.15) is 0 Å². The number of halogens is 2. The molecule has 1 aromatic carbocycles. The number of urea groups is 1. The summed E-state index contributed by atoms with van der Waals surface area (Å²) in [4.78, 5) is 35.8. The summed E-state index contributed by atoms with van der Waals surface area (Å²) in [7, 11) is 0. The van der Waals surface area contributed by atoms with Gasteiger partial charge in [0.15, 0.2) is 0 Å². The number of ether oxygens (including phenoxy) is 1. The first kappa shape index (κ1) is 28.1. The predicted molar refractivity (Wildman–Crippen MR) is 143 cm³/mol. The molecule has 0 aliphatic carbocycles. The molecule has 10 nitrogen and oxygen atoms in total. The third-order valence-corrected chi connectivity index (χ3v) is 6.69. The molecule has 12 heteroatoms. The molecule has 1 aromatic heterocycles. The molecule has 2 saturated heterocycles. The first-order chi connectivity index (χ1) is 18.4. The van der Waals surface area contributed by atoms with Crippen LogP contribution in [0.2, 0.25) is 0 Å². The fourth-order valence-electron chi connectivity index (χ4n) is 4.84. The van der Waals surface area contributed by atoms with Gasteiger partial charge in [-0.05, 0) is 64.8 Å². The van der Waals surface area contributed by atoms with Crippen LogP contribution in [0.1, 0.15) is 58.0 Å². The number of carbonyl (C=O) groups excluding carboxylic acids is 2. The zero-order chi connectivity index (χ0) is 28.3. The van der Waals surface area contributed by atoms with Crippen molar-refractivity contribution in [3.8, 4) is 0 Å². The third-order valence-electron chi connectivity index (χ3n) is 6.69. The van der Waals surface area contributed by atoms with Gasteiger partial charge < -0.3 is 19.5 Å². The summed E-state index contributed by atoms with van der Waals surface area (Å²) in [5.74, 6) is 0.319. The summed E-state index contributed by atoms with van der Waals surface area (Å²) in [6.07, 6.45) is 5.88. The molecule has 3 heterocycles. The number of benzene rings is 1. The molecule has 0 radical (unpaired) electrons. The van der Waals surface area contributed by atoms with Crippen LogP contribution in [0.3, 0.4) is 0 Å². The first-order valence-electron chi connectivity index (χ1n) is 13.0. The van der Waals surface area contributed by atoms with E-state index in [4.69, 9.17) is 10.5 Å². The Morgan fingerprint density at radius 1 is 1.28 bits per heavy atom. The lowest BCUT2D eigenvalue weighted by Gasteiger charge is -2.40. The molecule has 0 saturated carbocycles. The number of nitrogens with zero attached hydrogens (tertiary/aromatic N) is 4. The number of H-pyrrole nitrogens is 1. The van der Waals surface area contributed by atoms with E-state index < -0.39 is 23.3 Å². The lowest BCUT2D eigenvalue weighted by Crippen LogP contribution is -2.57. The number of imidazole rings is 1. The van der Waals surface area contributed by atoms with E-state index in [0.29, 0.717) is 50.1 Å². The summed E-state index contributed by atoms with van der Waals surface area (Å²) >= 11 is 0. The lowest BCUT2D eigenvalue weighted by molar-refractivity contribution is -0.550. The van der Waals surface area contributed by atoms with Crippen molar-refractivity contribution in [3.63, 3.8) is 0 Å². The van der Waals surface area contributed by atoms with Gasteiger partial charge in [0.25, 0.3) is 5.84 Å². The summed E-state index contributed by atoms with van der Waals surface area (Å²) in [5.41, 5.74) is 5.99. The number of amides is 3. The van der Waals surface area contributed by atoms with Crippen LogP contribution >= 0.6 is 0 Å². The highest BCUT2D eigenvalue weighted by Gasteiger charge is 2.33. The van der Waals surface area contributed by atoms with Crippen LogP contribution in [0.5, 0.6) is 0 Å². The monoisotopic (exact) mass is 544 g/mol. The number of piperazine rings is 1. The van der Waals surface area contributed by atoms with Crippen LogP contribution in [0.25, 0.3) is 6.08 Å². The molecule has 0 unspecified atom stereocenters. The van der Waals surface area contributed by atoms with Crippen LogP contribution in [-0.2, 0) is 4.74 Å². The molecule has 2 atom stereocenters. The van der Waals surface area contributed by atoms with Crippen LogP contribution in [0.15, 0.2) is 30.5 Å². The van der Waals surface area contributed by atoms with Gasteiger partial charge in [-0.25, -0.2) is 23.4 Å². The van der Waals surface area contributed by atoms with Crippen LogP contribution in [0, 0.1) is 11.6 Å². The lowest BCUT2D eigenvalue weighted by atomic mass is 10.0. The Labute approximate surface area is 226 Å². The topological polar surface area (TPSA) is 120 Å². The van der Waals surface area contributed by atoms with E-state index in [9.17, 15) is 18.4 Å². The van der Waals surface area contributed by atoms with Crippen molar-refractivity contribution < 1.29 is 27.7 Å². The number of nitrogens with one attached hydrogen (secondary N) is 2. The van der Waals surface area contributed by atoms with Gasteiger partial charge in [0.2, 0.25) is 0 Å². The van der Waals surface area contributed by atoms with E-state index in [1.807, 2.05) is 32.3 Å². The van der Waals surface area contributed by atoms with E-state index in [1.165, 1.54) is 12.3 Å². The third kappa shape index (κ3) is 6.92. The predicted octanol–water partition coefficient (Wildman–Crippen LogP) is 4.08. The van der Waals surface area contributed by atoms with Crippen molar-refractivity contribution in [2.45, 2.75) is 58.2 Å². The Kier molecular flexibility index (Phi) is 8.22. The molecule has 4 N–H and O–H groups in total. The van der Waals surface area contributed by atoms with E-state index in [-0.39, 0.29) is 23.7 Å². The number of hydrogen-bond donors (Lipinski definition) is 3. The minimum absolute atomic E-state index is 0.201. The molecule has 2 fully saturated rings. The van der Waals surface area contributed by atoms with Gasteiger partial charge in [-0.1, -0.05) is 0 Å². The number of rotatable bonds is 4. The van der Waals surface area contributed by atoms with Crippen molar-refractivity contribution in [2.24, 2.45) is 5.73 Å². The molecule has 2 aromatic rings. The largest absolute Gasteiger partial charge is 0.444 e. The number of amidine groups is 1. The summed E-state index contributed by atoms with van der Waals surface area (Å²) < 4.78 is 35.4. The highest BCUT2D eigenvalue weighted by molar-refractivity contribution is 5.91. The number of aromatic nitrogens is 2. The van der Waals surface area contributed by atoms with Gasteiger partial charge >= 0.3 is 12.1 Å². The summed E-state index contributed by atoms with van der Waals surface area (Å²) in [6, 6.07) is 2.59. The van der Waals surface area contributed by atoms with E-state index in [0.717, 1.165) is 18.6 Å². The fraction of sp³-hybridized carbons (Fsp3) is 0.481. The number of carbonyl (C=O) groups is 2. The van der Waals surface area contributed by atoms with E-state index >= 15 is 0 Å². The van der Waals surface area contributed by atoms with Crippen LogP contribution in [-0.4, -0.2) is 80.1 Å². The van der Waals surface area contributed by atoms with Gasteiger partial charge in [-0.3, -0.25) is 15.6 Å². The second-order valence-electron chi connectivity index (χ2n) is 10.9. The van der Waals surface area contributed by atoms with Crippen molar-refractivity contribution >= 4 is 29.9 Å². The number of hydrogen-bond acceptors (Lipinski definition) is 4. The Bertz CT molecular complexity index is 1280. The van der Waals surface area contributed by atoms with E-state index in [1.54, 1.807) is 22.0 Å². The van der Waals surface area contributed by atoms with Crippen LogP contribution < -0.4 is 11.1 Å². The molecular weight excluding hydrogens is 508 g/mol. The minimum Gasteiger partial charge on any atom is -0.444 e. The van der Waals surface area contributed by atoms with Gasteiger partial charge in [0, 0.05) is 37.3 Å². The molecule has 210 valence electrons. The molecular formula is C27H36F2N7O3+. The van der Waals surface area contributed by atoms with Crippen molar-refractivity contribution in [1.82, 2.24) is 19.8 Å². The van der Waals surface area contributed by atoms with Crippen molar-refractivity contribution in [1.29, 1.82) is 0 Å². The van der Waals surface area contributed by atoms with Gasteiger partial charge in [-0.15, -0.1) is 0 Å². The number of aromatic amines is 1. The molecule has 0 spiro atoms. The SMILES string of the molecule is C[C@@H]1CN(C(=O)Nc2cnc(/C=C\C(N)=[N+]3CCC[C@@H]3c3cc(F)ccc3F)[nH]2)CCN1C(=O)OC(C)(C)C. The highest BCUT2D eigenvalue weighted by atomic mass is 19.1. The van der Waals surface area contributed by atoms with Crippen LogP contribution in [0.4, 0.5) is 24.2 Å². The molecule has 2 aliphatic rings. The molecule has 3 amide bonds. The average Bonchev–Trinajstić information content (AvgIpc) is 3.52. The maximum atomic E-state index is 14.3. The van der Waals surface area contributed by atoms with Gasteiger partial charge in [0.1, 0.15) is 34.9 Å². The van der Waals surface area contributed by atoms with E-state index in [2.05, 4.69) is 15.3 Å². The second kappa shape index (κ2) is 11.4. The maximum absolute atomic E-state index is 14.3. The highest BCUT2D eigenvalue weighted by Crippen LogP contribution is 2.31. The Morgan fingerprint density at radius 2 is 2.05 bits per heavy atom. The number of anilines is 1. The standard InChI is InChI=1S/C27H35F2N7O3/c1-17-16-34(12-13-35(17)26(38)39-27(2,3)4)25(37)33-24-15-31-23(32-24)10-9-22(30)36-11-5-6-21(36)19-14-18(28)7-8-20(19)29/h7-10,14-15,17,21H,5-6,11-13,16H2,1-4H3,(H3,30,31,32,33,37)/p+1/t17-,21-/m1/s1. The van der Waals surface area contributed by atoms with Crippen molar-refractivity contribution in [3.05, 3.63) is 53.5 Å². The normalized spacial score (nSPS) is 21.4. The molecule has 2 aliphatic heterocycles. The molecule has 4 rings (SSSR count). The van der Waals surface area contributed by atoms with Gasteiger partial charge in [0.05, 0.1) is 12.7 Å². The zero-order valence-electron chi connectivity index (χ0n) is 22.7. The fourth-order valence-corrected chi connectivity index (χ4v) is 4.84. The smallest absolute Gasteiger partial charge is 0.410 e. The average molecular weight is 545 g/mol. The first-order valence-corrected chi connectivity index (χ1v) is 13.0. The second-order valence-corrected chi connectivity index (χ2v) is 10.9. The molecule has 39 heavy (non-hydrogen) atoms. The quantitative estimate of drug-likeness (QED) is 0.396. The Balaban J connectivity index is 1.35. The summed E-state index contributed by atoms with van der Waals surface area (Å²) in [5, 5.41) is 2.79. The summed E-state index contributed by atoms with van der Waals surface area (Å²) in [6.45, 7) is 9.04. The molecule has 0 bridgehead atoms.